The molecule has 0 radical (unpaired) electrons. The Morgan fingerprint density at radius 1 is 1.30 bits per heavy atom. The average molecular weight is 274 g/mol. The summed E-state index contributed by atoms with van der Waals surface area (Å²) >= 11 is 0. The van der Waals surface area contributed by atoms with Crippen molar-refractivity contribution in [1.29, 1.82) is 0 Å². The maximum absolute atomic E-state index is 12.0. The lowest BCUT2D eigenvalue weighted by molar-refractivity contribution is 0.0299. The molecule has 1 aliphatic heterocycles. The van der Waals surface area contributed by atoms with Crippen LogP contribution in [0.3, 0.4) is 0 Å². The Morgan fingerprint density at radius 3 is 2.55 bits per heavy atom. The van der Waals surface area contributed by atoms with E-state index >= 15 is 0 Å². The first-order chi connectivity index (χ1) is 9.33. The van der Waals surface area contributed by atoms with Crippen LogP contribution in [0.5, 0.6) is 0 Å². The van der Waals surface area contributed by atoms with E-state index in [0.29, 0.717) is 6.54 Å². The first kappa shape index (κ1) is 14.4. The van der Waals surface area contributed by atoms with Crippen LogP contribution < -0.4 is 5.73 Å². The molecule has 1 saturated heterocycles. The standard InChI is InChI=1S/C16H22N2O2/c1-16(2,3)20-15(19)18-9-8-13(11-18)10-12-4-6-14(17)7-5-12/h4-7,10H,8-9,11,17H2,1-3H3/b13-10+. The third-order valence-corrected chi connectivity index (χ3v) is 3.06. The van der Waals surface area contributed by atoms with Gasteiger partial charge in [0, 0.05) is 18.8 Å². The number of amides is 1. The van der Waals surface area contributed by atoms with Crippen molar-refractivity contribution >= 4 is 17.9 Å². The molecule has 1 aromatic rings. The summed E-state index contributed by atoms with van der Waals surface area (Å²) in [5.74, 6) is 0. The number of nitrogens with zero attached hydrogens (tertiary/aromatic N) is 1. The summed E-state index contributed by atoms with van der Waals surface area (Å²) in [6, 6.07) is 7.73. The van der Waals surface area contributed by atoms with E-state index in [1.165, 1.54) is 5.57 Å². The van der Waals surface area contributed by atoms with Crippen LogP contribution in [-0.2, 0) is 4.74 Å². The van der Waals surface area contributed by atoms with E-state index in [-0.39, 0.29) is 6.09 Å². The quantitative estimate of drug-likeness (QED) is 0.799. The monoisotopic (exact) mass is 274 g/mol. The van der Waals surface area contributed by atoms with Gasteiger partial charge in [-0.1, -0.05) is 18.2 Å². The number of carbonyl (C=O) groups is 1. The second-order valence-corrected chi connectivity index (χ2v) is 6.12. The van der Waals surface area contributed by atoms with Gasteiger partial charge in [-0.3, -0.25) is 0 Å². The van der Waals surface area contributed by atoms with Gasteiger partial charge in [-0.2, -0.15) is 0 Å². The summed E-state index contributed by atoms with van der Waals surface area (Å²) in [5, 5.41) is 0. The zero-order valence-electron chi connectivity index (χ0n) is 12.3. The van der Waals surface area contributed by atoms with Crippen LogP contribution in [0.4, 0.5) is 10.5 Å². The molecule has 1 aliphatic rings. The van der Waals surface area contributed by atoms with Gasteiger partial charge in [0.15, 0.2) is 0 Å². The molecule has 0 bridgehead atoms. The molecule has 0 saturated carbocycles. The number of benzene rings is 1. The molecular weight excluding hydrogens is 252 g/mol. The van der Waals surface area contributed by atoms with Crippen molar-refractivity contribution in [2.24, 2.45) is 0 Å². The molecule has 2 rings (SSSR count). The lowest BCUT2D eigenvalue weighted by Crippen LogP contribution is -2.34. The van der Waals surface area contributed by atoms with Gasteiger partial charge in [0.25, 0.3) is 0 Å². The molecule has 1 amide bonds. The minimum atomic E-state index is -0.444. The molecule has 108 valence electrons. The number of nitrogen functional groups attached to an aromatic ring is 1. The fraction of sp³-hybridized carbons (Fsp3) is 0.438. The number of ether oxygens (including phenoxy) is 1. The fourth-order valence-corrected chi connectivity index (χ4v) is 2.11. The van der Waals surface area contributed by atoms with E-state index in [4.69, 9.17) is 10.5 Å². The number of likely N-dealkylation sites (tertiary alicyclic amines) is 1. The highest BCUT2D eigenvalue weighted by molar-refractivity contribution is 5.70. The summed E-state index contributed by atoms with van der Waals surface area (Å²) in [6.45, 7) is 7.00. The third kappa shape index (κ3) is 4.02. The van der Waals surface area contributed by atoms with Gasteiger partial charge in [-0.25, -0.2) is 4.79 Å². The van der Waals surface area contributed by atoms with E-state index < -0.39 is 5.60 Å². The maximum atomic E-state index is 12.0. The van der Waals surface area contributed by atoms with Crippen LogP contribution in [0.25, 0.3) is 6.08 Å². The van der Waals surface area contributed by atoms with E-state index in [9.17, 15) is 4.79 Å². The highest BCUT2D eigenvalue weighted by atomic mass is 16.6. The Morgan fingerprint density at radius 2 is 1.95 bits per heavy atom. The molecule has 1 aromatic carbocycles. The first-order valence-electron chi connectivity index (χ1n) is 6.86. The largest absolute Gasteiger partial charge is 0.444 e. The number of carbonyl (C=O) groups excluding carboxylic acids is 1. The van der Waals surface area contributed by atoms with Crippen molar-refractivity contribution in [3.63, 3.8) is 0 Å². The fourth-order valence-electron chi connectivity index (χ4n) is 2.11. The summed E-state index contributed by atoms with van der Waals surface area (Å²) in [7, 11) is 0. The predicted molar refractivity (Wildman–Crippen MR) is 81.3 cm³/mol. The summed E-state index contributed by atoms with van der Waals surface area (Å²) in [5.41, 5.74) is 8.33. The molecular formula is C16H22N2O2. The Hall–Kier alpha value is -1.97. The lowest BCUT2D eigenvalue weighted by atomic mass is 10.1. The predicted octanol–water partition coefficient (Wildman–Crippen LogP) is 3.29. The minimum Gasteiger partial charge on any atom is -0.444 e. The van der Waals surface area contributed by atoms with Gasteiger partial charge in [-0.15, -0.1) is 0 Å². The summed E-state index contributed by atoms with van der Waals surface area (Å²) in [6.07, 6.45) is 2.77. The van der Waals surface area contributed by atoms with E-state index in [1.54, 1.807) is 4.90 Å². The highest BCUT2D eigenvalue weighted by Gasteiger charge is 2.26. The van der Waals surface area contributed by atoms with Gasteiger partial charge >= 0.3 is 6.09 Å². The molecule has 0 atom stereocenters. The lowest BCUT2D eigenvalue weighted by Gasteiger charge is -2.23. The van der Waals surface area contributed by atoms with Crippen molar-refractivity contribution in [3.05, 3.63) is 35.4 Å². The van der Waals surface area contributed by atoms with Gasteiger partial charge in [0.05, 0.1) is 0 Å². The number of nitrogens with two attached hydrogens (primary N) is 1. The van der Waals surface area contributed by atoms with Gasteiger partial charge < -0.3 is 15.4 Å². The van der Waals surface area contributed by atoms with E-state index in [0.717, 1.165) is 24.2 Å². The number of anilines is 1. The van der Waals surface area contributed by atoms with Crippen LogP contribution in [-0.4, -0.2) is 29.7 Å². The molecule has 0 unspecified atom stereocenters. The van der Waals surface area contributed by atoms with Gasteiger partial charge in [0.2, 0.25) is 0 Å². The third-order valence-electron chi connectivity index (χ3n) is 3.06. The van der Waals surface area contributed by atoms with Crippen LogP contribution in [0.15, 0.2) is 29.8 Å². The van der Waals surface area contributed by atoms with Gasteiger partial charge in [0.1, 0.15) is 5.60 Å². The van der Waals surface area contributed by atoms with E-state index in [2.05, 4.69) is 6.08 Å². The molecule has 1 heterocycles. The Bertz CT molecular complexity index is 512. The van der Waals surface area contributed by atoms with Crippen molar-refractivity contribution in [2.45, 2.75) is 32.8 Å². The average Bonchev–Trinajstić information content (AvgIpc) is 2.79. The second kappa shape index (κ2) is 5.57. The molecule has 0 aromatic heterocycles. The smallest absolute Gasteiger partial charge is 0.410 e. The number of hydrogen-bond donors (Lipinski definition) is 1. The van der Waals surface area contributed by atoms with Crippen LogP contribution in [0, 0.1) is 0 Å². The Kier molecular flexibility index (Phi) is 4.02. The zero-order valence-corrected chi connectivity index (χ0v) is 12.3. The molecule has 20 heavy (non-hydrogen) atoms. The van der Waals surface area contributed by atoms with Crippen molar-refractivity contribution in [2.75, 3.05) is 18.8 Å². The molecule has 0 aliphatic carbocycles. The minimum absolute atomic E-state index is 0.238. The van der Waals surface area contributed by atoms with Crippen molar-refractivity contribution in [3.8, 4) is 0 Å². The Labute approximate surface area is 120 Å². The van der Waals surface area contributed by atoms with Gasteiger partial charge in [-0.05, 0) is 50.5 Å². The first-order valence-corrected chi connectivity index (χ1v) is 6.86. The molecule has 0 spiro atoms. The summed E-state index contributed by atoms with van der Waals surface area (Å²) < 4.78 is 5.38. The number of rotatable bonds is 1. The van der Waals surface area contributed by atoms with Crippen LogP contribution in [0.2, 0.25) is 0 Å². The normalized spacial score (nSPS) is 17.6. The maximum Gasteiger partial charge on any atom is 0.410 e. The topological polar surface area (TPSA) is 55.6 Å². The molecule has 2 N–H and O–H groups in total. The second-order valence-electron chi connectivity index (χ2n) is 6.12. The van der Waals surface area contributed by atoms with Crippen LogP contribution >= 0.6 is 0 Å². The number of hydrogen-bond acceptors (Lipinski definition) is 3. The van der Waals surface area contributed by atoms with Crippen molar-refractivity contribution < 1.29 is 9.53 Å². The summed E-state index contributed by atoms with van der Waals surface area (Å²) in [4.78, 5) is 13.7. The highest BCUT2D eigenvalue weighted by Crippen LogP contribution is 2.21. The van der Waals surface area contributed by atoms with Crippen molar-refractivity contribution in [1.82, 2.24) is 4.90 Å². The van der Waals surface area contributed by atoms with E-state index in [1.807, 2.05) is 45.0 Å². The van der Waals surface area contributed by atoms with Crippen LogP contribution in [0.1, 0.15) is 32.8 Å². The molecule has 1 fully saturated rings. The zero-order chi connectivity index (χ0) is 14.8. The Balaban J connectivity index is 1.98. The molecule has 4 nitrogen and oxygen atoms in total. The molecule has 4 heteroatoms. The SMILES string of the molecule is CC(C)(C)OC(=O)N1CC/C(=C\c2ccc(N)cc2)C1.